The number of hydrogen-bond acceptors (Lipinski definition) is 15. The van der Waals surface area contributed by atoms with Gasteiger partial charge in [-0.2, -0.15) is 25.3 Å². The molecule has 21 N–H and O–H groups in total. The number of primary amides is 1. The number of rotatable bonds is 35. The third-order valence-electron chi connectivity index (χ3n) is 12.4. The molecule has 0 saturated carbocycles. The summed E-state index contributed by atoms with van der Waals surface area (Å²) in [5.41, 5.74) is 29.7. The number of aromatic nitrogens is 3. The van der Waals surface area contributed by atoms with Gasteiger partial charge in [-0.25, -0.2) is 4.98 Å². The van der Waals surface area contributed by atoms with Crippen molar-refractivity contribution >= 4 is 107 Å². The van der Waals surface area contributed by atoms with Gasteiger partial charge in [0.1, 0.15) is 48.3 Å². The normalized spacial score (nSPS) is 13.8. The van der Waals surface area contributed by atoms with E-state index in [4.69, 9.17) is 28.7 Å². The lowest BCUT2D eigenvalue weighted by Crippen LogP contribution is -2.61. The molecule has 2 aromatic heterocycles. The van der Waals surface area contributed by atoms with Gasteiger partial charge in [-0.3, -0.25) is 57.9 Å². The molecule has 0 radical (unpaired) electrons. The lowest BCUT2D eigenvalue weighted by Gasteiger charge is -2.28. The maximum absolute atomic E-state index is 14.7. The van der Waals surface area contributed by atoms with Crippen LogP contribution in [-0.2, 0) is 67.2 Å². The van der Waals surface area contributed by atoms with Crippen LogP contribution in [0.5, 0.6) is 0 Å². The lowest BCUT2D eigenvalue weighted by atomic mass is 10.0. The molecule has 0 aliphatic rings. The first-order valence-corrected chi connectivity index (χ1v) is 27.1. The molecule has 4 rings (SSSR count). The fraction of sp³-hybridized carbons (Fsp3) is 0.431. The molecule has 2 heterocycles. The van der Waals surface area contributed by atoms with Crippen LogP contribution in [-0.4, -0.2) is 164 Å². The molecular formula is C51H72N18O11S2. The Morgan fingerprint density at radius 1 is 0.549 bits per heavy atom. The topological polar surface area (TPSA) is 486 Å². The second-order valence-electron chi connectivity index (χ2n) is 18.8. The van der Waals surface area contributed by atoms with Crippen LogP contribution in [0, 0.1) is 0 Å². The molecule has 31 heteroatoms. The van der Waals surface area contributed by atoms with E-state index in [0.29, 0.717) is 16.8 Å². The number of imidazole rings is 1. The molecule has 9 amide bonds. The number of aliphatic carboxylic acids is 1. The molecule has 4 aromatic rings. The third-order valence-corrected chi connectivity index (χ3v) is 13.1. The van der Waals surface area contributed by atoms with Crippen LogP contribution in [0.15, 0.2) is 83.3 Å². The summed E-state index contributed by atoms with van der Waals surface area (Å²) in [5, 5.41) is 31.0. The van der Waals surface area contributed by atoms with Crippen molar-refractivity contribution in [3.05, 3.63) is 90.1 Å². The zero-order chi connectivity index (χ0) is 60.3. The van der Waals surface area contributed by atoms with Crippen molar-refractivity contribution in [2.75, 3.05) is 24.6 Å². The van der Waals surface area contributed by atoms with E-state index in [1.807, 2.05) is 18.2 Å². The number of H-pyrrole nitrogens is 2. The number of carboxylic acid groups (broad SMARTS) is 1. The number of carbonyl (C=O) groups excluding carboxylic acids is 9. The highest BCUT2D eigenvalue weighted by Gasteiger charge is 2.35. The van der Waals surface area contributed by atoms with Gasteiger partial charge in [0.05, 0.1) is 6.33 Å². The van der Waals surface area contributed by atoms with Gasteiger partial charge >= 0.3 is 5.97 Å². The number of carboxylic acids is 1. The maximum Gasteiger partial charge on any atom is 0.303 e. The first kappa shape index (κ1) is 65.6. The van der Waals surface area contributed by atoms with Crippen LogP contribution in [0.3, 0.4) is 0 Å². The molecule has 0 fully saturated rings. The Morgan fingerprint density at radius 3 is 1.50 bits per heavy atom. The summed E-state index contributed by atoms with van der Waals surface area (Å²) in [6, 6.07) is 4.42. The lowest BCUT2D eigenvalue weighted by molar-refractivity contribution is -0.138. The molecule has 0 unspecified atom stereocenters. The summed E-state index contributed by atoms with van der Waals surface area (Å²) in [6.07, 6.45) is 2.94. The van der Waals surface area contributed by atoms with E-state index in [0.717, 1.165) is 10.9 Å². The molecular weight excluding hydrogens is 1100 g/mol. The maximum atomic E-state index is 14.7. The van der Waals surface area contributed by atoms with Gasteiger partial charge < -0.3 is 86.3 Å². The zero-order valence-corrected chi connectivity index (χ0v) is 46.7. The van der Waals surface area contributed by atoms with Gasteiger partial charge in [-0.05, 0) is 49.3 Å². The first-order chi connectivity index (χ1) is 39.1. The van der Waals surface area contributed by atoms with Crippen molar-refractivity contribution in [1.82, 2.24) is 57.5 Å². The summed E-state index contributed by atoms with van der Waals surface area (Å²) in [4.78, 5) is 153. The average molecular weight is 1180 g/mol. The second-order valence-corrected chi connectivity index (χ2v) is 19.5. The Hall–Kier alpha value is -8.87. The van der Waals surface area contributed by atoms with Crippen molar-refractivity contribution in [2.45, 2.75) is 113 Å². The van der Waals surface area contributed by atoms with Crippen molar-refractivity contribution in [1.29, 1.82) is 0 Å². The van der Waals surface area contributed by atoms with Gasteiger partial charge in [0.2, 0.25) is 53.2 Å². The number of aromatic amines is 2. The van der Waals surface area contributed by atoms with E-state index >= 15 is 0 Å². The molecule has 0 spiro atoms. The molecule has 8 atom stereocenters. The molecule has 2 aromatic carbocycles. The predicted molar refractivity (Wildman–Crippen MR) is 309 cm³/mol. The predicted octanol–water partition coefficient (Wildman–Crippen LogP) is -3.87. The average Bonchev–Trinajstić information content (AvgIpc) is 4.31. The van der Waals surface area contributed by atoms with Crippen LogP contribution in [0.2, 0.25) is 0 Å². The first-order valence-electron chi connectivity index (χ1n) is 25.9. The number of nitrogens with one attached hydrogen (secondary N) is 10. The number of thiol groups is 2. The molecule has 0 aliphatic heterocycles. The Kier molecular flexibility index (Phi) is 26.9. The second kappa shape index (κ2) is 33.7. The van der Waals surface area contributed by atoms with Crippen LogP contribution in [0.1, 0.15) is 62.3 Å². The van der Waals surface area contributed by atoms with E-state index in [1.165, 1.54) is 19.4 Å². The third kappa shape index (κ3) is 22.3. The molecule has 0 bridgehead atoms. The van der Waals surface area contributed by atoms with Gasteiger partial charge in [-0.1, -0.05) is 48.5 Å². The Bertz CT molecular complexity index is 2880. The highest BCUT2D eigenvalue weighted by Crippen LogP contribution is 2.20. The monoisotopic (exact) mass is 1180 g/mol. The fourth-order valence-corrected chi connectivity index (χ4v) is 8.78. The largest absolute Gasteiger partial charge is 0.481 e. The Morgan fingerprint density at radius 2 is 1.00 bits per heavy atom. The van der Waals surface area contributed by atoms with Crippen LogP contribution >= 0.6 is 25.3 Å². The molecule has 29 nitrogen and oxygen atoms in total. The highest BCUT2D eigenvalue weighted by atomic mass is 32.1. The molecule has 0 saturated heterocycles. The zero-order valence-electron chi connectivity index (χ0n) is 44.9. The minimum atomic E-state index is -1.64. The Balaban J connectivity index is 1.65. The van der Waals surface area contributed by atoms with Crippen molar-refractivity contribution in [3.8, 4) is 0 Å². The van der Waals surface area contributed by atoms with Crippen LogP contribution in [0.25, 0.3) is 10.9 Å². The van der Waals surface area contributed by atoms with E-state index in [2.05, 4.69) is 92.7 Å². The SMILES string of the molecule is CC(=O)N[C@H](CCCN=C(N)N)C(=O)N[C@@H](CS)C(=O)N[C@@H](CCC(=O)O)C(=O)N[C@@H](Cc1cnc[nH]1)C(=O)N[C@H](Cc1ccccc1)C(=O)N[C@@H](CCCN=C(N)N)C(=O)N[C@@H](Cc1c[nH]c2ccccc12)C(=O)N[C@@H](CS)C(N)=O. The van der Waals surface area contributed by atoms with Crippen LogP contribution in [0.4, 0.5) is 0 Å². The van der Waals surface area contributed by atoms with Crippen LogP contribution < -0.4 is 71.2 Å². The number of amides is 9. The van der Waals surface area contributed by atoms with Gasteiger partial charge in [0, 0.05) is 86.2 Å². The minimum absolute atomic E-state index is 0.0162. The van der Waals surface area contributed by atoms with Crippen molar-refractivity contribution in [3.63, 3.8) is 0 Å². The fourth-order valence-electron chi connectivity index (χ4n) is 8.25. The number of carbonyl (C=O) groups is 10. The number of nitrogens with zero attached hydrogens (tertiary/aromatic N) is 3. The van der Waals surface area contributed by atoms with Gasteiger partial charge in [0.25, 0.3) is 0 Å². The van der Waals surface area contributed by atoms with E-state index in [9.17, 15) is 53.1 Å². The van der Waals surface area contributed by atoms with Gasteiger partial charge in [-0.15, -0.1) is 0 Å². The number of guanidine groups is 2. The summed E-state index contributed by atoms with van der Waals surface area (Å²) < 4.78 is 0. The van der Waals surface area contributed by atoms with E-state index in [1.54, 1.807) is 42.6 Å². The summed E-state index contributed by atoms with van der Waals surface area (Å²) in [5.74, 6) is -9.97. The molecule has 444 valence electrons. The number of benzene rings is 2. The summed E-state index contributed by atoms with van der Waals surface area (Å²) in [6.45, 7) is 1.33. The van der Waals surface area contributed by atoms with Gasteiger partial charge in [0.15, 0.2) is 11.9 Å². The number of fused-ring (bicyclic) bond motifs is 1. The smallest absolute Gasteiger partial charge is 0.303 e. The number of aliphatic imine (C=N–C) groups is 2. The van der Waals surface area contributed by atoms with E-state index < -0.39 is 120 Å². The number of hydrogen-bond donors (Lipinski definition) is 18. The number of para-hydroxylation sites is 1. The van der Waals surface area contributed by atoms with Crippen molar-refractivity contribution in [2.24, 2.45) is 38.7 Å². The summed E-state index contributed by atoms with van der Waals surface area (Å²) >= 11 is 8.35. The molecule has 0 aliphatic carbocycles. The van der Waals surface area contributed by atoms with E-state index in [-0.39, 0.29) is 81.5 Å². The standard InChI is InChI=1S/C51H72N18O11S2/c1-27(70)62-33(13-7-17-58-50(53)54)43(74)69-40(25-82)49(80)64-35(15-16-41(71)72)45(76)67-38(21-30-23-57-26-61-30)48(79)65-36(19-28-9-3-2-4-10-28)46(77)63-34(14-8-18-59-51(55)56)44(75)66-37(47(78)68-39(24-81)42(52)73)20-29-22-60-32-12-6-5-11-31(29)32/h2-6,9-12,22-23,26,33-40,60,81-82H,7-8,13-21,24-25H2,1H3,(H2,52,73)(H,57,61)(H,62,70)(H,63,77)(H,64,80)(H,65,79)(H,66,75)(H,67,76)(H,68,78)(H,69,74)(H,71,72)(H4,53,54,58)(H4,55,56,59)/t33-,34+,35+,36-,37+,38+,39+,40+/m1/s1. The number of nitrogens with two attached hydrogens (primary N) is 5. The van der Waals surface area contributed by atoms with Crippen molar-refractivity contribution < 1.29 is 53.1 Å². The molecule has 82 heavy (non-hydrogen) atoms. The minimum Gasteiger partial charge on any atom is -0.481 e. The Labute approximate surface area is 482 Å². The summed E-state index contributed by atoms with van der Waals surface area (Å²) in [7, 11) is 0. The quantitative estimate of drug-likeness (QED) is 0.00907. The highest BCUT2D eigenvalue weighted by molar-refractivity contribution is 7.80.